The molecule has 0 saturated carbocycles. The van der Waals surface area contributed by atoms with Crippen LogP contribution in [0.2, 0.25) is 0 Å². The molecule has 0 amide bonds. The minimum absolute atomic E-state index is 0.400. The van der Waals surface area contributed by atoms with Gasteiger partial charge in [-0.3, -0.25) is 0 Å². The number of hydrogen-bond acceptors (Lipinski definition) is 4. The molecule has 2 rings (SSSR count). The second kappa shape index (κ2) is 3.68. The second-order valence-corrected chi connectivity index (χ2v) is 3.67. The van der Waals surface area contributed by atoms with Crippen LogP contribution in [0.5, 0.6) is 0 Å². The van der Waals surface area contributed by atoms with Gasteiger partial charge in [-0.15, -0.1) is 11.3 Å². The summed E-state index contributed by atoms with van der Waals surface area (Å²) >= 11 is 1.71. The molecule has 2 N–H and O–H groups in total. The number of nitrogens with zero attached hydrogens (tertiary/aromatic N) is 3. The van der Waals surface area contributed by atoms with Gasteiger partial charge in [0.1, 0.15) is 6.33 Å². The van der Waals surface area contributed by atoms with Gasteiger partial charge in [-0.1, -0.05) is 6.07 Å². The molecule has 0 fully saturated rings. The molecule has 0 aromatic carbocycles. The van der Waals surface area contributed by atoms with E-state index in [0.717, 1.165) is 6.54 Å². The van der Waals surface area contributed by atoms with E-state index >= 15 is 0 Å². The summed E-state index contributed by atoms with van der Waals surface area (Å²) in [6, 6.07) is 4.11. The van der Waals surface area contributed by atoms with Gasteiger partial charge < -0.3 is 5.73 Å². The topological polar surface area (TPSA) is 56.7 Å². The third-order valence-electron chi connectivity index (χ3n) is 1.66. The highest BCUT2D eigenvalue weighted by molar-refractivity contribution is 7.09. The van der Waals surface area contributed by atoms with Crippen molar-refractivity contribution in [1.29, 1.82) is 0 Å². The molecule has 0 aliphatic rings. The predicted octanol–water partition coefficient (Wildman–Crippen LogP) is 0.847. The molecule has 0 unspecified atom stereocenters. The minimum Gasteiger partial charge on any atom is -0.324 e. The maximum atomic E-state index is 5.40. The second-order valence-electron chi connectivity index (χ2n) is 2.64. The van der Waals surface area contributed by atoms with Crippen LogP contribution in [0.25, 0.3) is 0 Å². The first kappa shape index (κ1) is 8.40. The van der Waals surface area contributed by atoms with Crippen LogP contribution in [-0.4, -0.2) is 14.8 Å². The van der Waals surface area contributed by atoms with E-state index < -0.39 is 0 Å². The van der Waals surface area contributed by atoms with E-state index in [1.165, 1.54) is 4.88 Å². The van der Waals surface area contributed by atoms with E-state index in [1.807, 2.05) is 6.07 Å². The summed E-state index contributed by atoms with van der Waals surface area (Å²) in [4.78, 5) is 5.32. The van der Waals surface area contributed by atoms with Crippen molar-refractivity contribution in [3.05, 3.63) is 34.5 Å². The summed E-state index contributed by atoms with van der Waals surface area (Å²) < 4.78 is 1.80. The Morgan fingerprint density at radius 3 is 3.08 bits per heavy atom. The SMILES string of the molecule is NCc1ncn(Cc2cccs2)n1. The molecule has 0 bridgehead atoms. The van der Waals surface area contributed by atoms with E-state index in [2.05, 4.69) is 21.5 Å². The minimum atomic E-state index is 0.400. The highest BCUT2D eigenvalue weighted by Gasteiger charge is 1.99. The van der Waals surface area contributed by atoms with Gasteiger partial charge in [0.25, 0.3) is 0 Å². The van der Waals surface area contributed by atoms with Crippen LogP contribution in [0.1, 0.15) is 10.7 Å². The fourth-order valence-corrected chi connectivity index (χ4v) is 1.76. The van der Waals surface area contributed by atoms with Gasteiger partial charge in [-0.25, -0.2) is 9.67 Å². The summed E-state index contributed by atoms with van der Waals surface area (Å²) in [5.74, 6) is 0.691. The average Bonchev–Trinajstić information content (AvgIpc) is 2.76. The monoisotopic (exact) mass is 194 g/mol. The van der Waals surface area contributed by atoms with Gasteiger partial charge in [0.2, 0.25) is 0 Å². The number of rotatable bonds is 3. The summed E-state index contributed by atoms with van der Waals surface area (Å²) in [5.41, 5.74) is 5.40. The fraction of sp³-hybridized carbons (Fsp3) is 0.250. The Kier molecular flexibility index (Phi) is 2.37. The summed E-state index contributed by atoms with van der Waals surface area (Å²) in [6.07, 6.45) is 1.71. The molecule has 2 aromatic rings. The van der Waals surface area contributed by atoms with E-state index in [1.54, 1.807) is 22.3 Å². The molecule has 0 radical (unpaired) electrons. The number of aromatic nitrogens is 3. The summed E-state index contributed by atoms with van der Waals surface area (Å²) in [5, 5.41) is 6.24. The van der Waals surface area contributed by atoms with Gasteiger partial charge in [0.05, 0.1) is 13.1 Å². The van der Waals surface area contributed by atoms with Crippen molar-refractivity contribution in [2.45, 2.75) is 13.1 Å². The van der Waals surface area contributed by atoms with E-state index in [9.17, 15) is 0 Å². The van der Waals surface area contributed by atoms with Crippen molar-refractivity contribution in [3.63, 3.8) is 0 Å². The van der Waals surface area contributed by atoms with Crippen molar-refractivity contribution < 1.29 is 0 Å². The van der Waals surface area contributed by atoms with Crippen molar-refractivity contribution in [1.82, 2.24) is 14.8 Å². The summed E-state index contributed by atoms with van der Waals surface area (Å²) in [6.45, 7) is 1.18. The molecular weight excluding hydrogens is 184 g/mol. The van der Waals surface area contributed by atoms with Gasteiger partial charge in [-0.2, -0.15) is 5.10 Å². The number of thiophene rings is 1. The van der Waals surface area contributed by atoms with Gasteiger partial charge in [-0.05, 0) is 11.4 Å². The van der Waals surface area contributed by atoms with Crippen molar-refractivity contribution in [2.75, 3.05) is 0 Å². The lowest BCUT2D eigenvalue weighted by Gasteiger charge is -1.95. The zero-order chi connectivity index (χ0) is 9.10. The number of nitrogens with two attached hydrogens (primary N) is 1. The Hall–Kier alpha value is -1.20. The zero-order valence-corrected chi connectivity index (χ0v) is 7.87. The lowest BCUT2D eigenvalue weighted by molar-refractivity contribution is 0.679. The van der Waals surface area contributed by atoms with Crippen LogP contribution >= 0.6 is 11.3 Å². The maximum absolute atomic E-state index is 5.40. The van der Waals surface area contributed by atoms with Crippen molar-refractivity contribution in [3.8, 4) is 0 Å². The third kappa shape index (κ3) is 1.93. The molecule has 0 aliphatic carbocycles. The van der Waals surface area contributed by atoms with Crippen LogP contribution in [0.4, 0.5) is 0 Å². The van der Waals surface area contributed by atoms with Crippen molar-refractivity contribution in [2.24, 2.45) is 5.73 Å². The first-order valence-electron chi connectivity index (χ1n) is 3.99. The molecule has 13 heavy (non-hydrogen) atoms. The Bertz CT molecular complexity index is 365. The van der Waals surface area contributed by atoms with Gasteiger partial charge >= 0.3 is 0 Å². The third-order valence-corrected chi connectivity index (χ3v) is 2.53. The molecule has 2 aromatic heterocycles. The highest BCUT2D eigenvalue weighted by Crippen LogP contribution is 2.09. The van der Waals surface area contributed by atoms with Crippen LogP contribution in [0.15, 0.2) is 23.8 Å². The Morgan fingerprint density at radius 2 is 2.46 bits per heavy atom. The highest BCUT2D eigenvalue weighted by atomic mass is 32.1. The fourth-order valence-electron chi connectivity index (χ4n) is 1.07. The zero-order valence-electron chi connectivity index (χ0n) is 7.05. The smallest absolute Gasteiger partial charge is 0.164 e. The molecule has 0 saturated heterocycles. The molecular formula is C8H10N4S. The summed E-state index contributed by atoms with van der Waals surface area (Å²) in [7, 11) is 0. The number of hydrogen-bond donors (Lipinski definition) is 1. The molecule has 2 heterocycles. The first-order chi connectivity index (χ1) is 6.38. The van der Waals surface area contributed by atoms with E-state index in [-0.39, 0.29) is 0 Å². The van der Waals surface area contributed by atoms with Crippen LogP contribution in [0.3, 0.4) is 0 Å². The predicted molar refractivity (Wildman–Crippen MR) is 51.3 cm³/mol. The normalized spacial score (nSPS) is 10.5. The molecule has 0 spiro atoms. The quantitative estimate of drug-likeness (QED) is 0.788. The average molecular weight is 194 g/mol. The first-order valence-corrected chi connectivity index (χ1v) is 4.87. The Morgan fingerprint density at radius 1 is 1.54 bits per heavy atom. The van der Waals surface area contributed by atoms with Crippen LogP contribution < -0.4 is 5.73 Å². The molecule has 0 aliphatic heterocycles. The molecule has 0 atom stereocenters. The molecule has 5 heteroatoms. The van der Waals surface area contributed by atoms with E-state index in [0.29, 0.717) is 12.4 Å². The Balaban J connectivity index is 2.10. The lowest BCUT2D eigenvalue weighted by Crippen LogP contribution is -2.02. The maximum Gasteiger partial charge on any atom is 0.164 e. The van der Waals surface area contributed by atoms with Crippen molar-refractivity contribution >= 4 is 11.3 Å². The standard InChI is InChI=1S/C8H10N4S/c9-4-8-10-6-12(11-8)5-7-2-1-3-13-7/h1-3,6H,4-5,9H2. The molecule has 4 nitrogen and oxygen atoms in total. The van der Waals surface area contributed by atoms with Crippen LogP contribution in [0, 0.1) is 0 Å². The van der Waals surface area contributed by atoms with E-state index in [4.69, 9.17) is 5.73 Å². The Labute approximate surface area is 80.0 Å². The largest absolute Gasteiger partial charge is 0.324 e. The molecule has 68 valence electrons. The lowest BCUT2D eigenvalue weighted by atomic mass is 10.5. The van der Waals surface area contributed by atoms with Gasteiger partial charge in [0, 0.05) is 4.88 Å². The van der Waals surface area contributed by atoms with Crippen LogP contribution in [-0.2, 0) is 13.1 Å². The van der Waals surface area contributed by atoms with Gasteiger partial charge in [0.15, 0.2) is 5.82 Å².